The van der Waals surface area contributed by atoms with E-state index in [1.165, 1.54) is 31.3 Å². The second kappa shape index (κ2) is 13.5. The number of halogens is 1. The lowest BCUT2D eigenvalue weighted by molar-refractivity contribution is 0.0937. The van der Waals surface area contributed by atoms with E-state index in [9.17, 15) is 28.4 Å². The Morgan fingerprint density at radius 3 is 2.58 bits per heavy atom. The van der Waals surface area contributed by atoms with Crippen LogP contribution in [-0.2, 0) is 13.1 Å². The molecule has 0 fully saturated rings. The van der Waals surface area contributed by atoms with Crippen LogP contribution in [0.1, 0.15) is 50.8 Å². The molecule has 0 radical (unpaired) electrons. The van der Waals surface area contributed by atoms with E-state index < -0.39 is 34.2 Å². The quantitative estimate of drug-likeness (QED) is 0.162. The van der Waals surface area contributed by atoms with Crippen LogP contribution in [0, 0.1) is 5.82 Å². The minimum Gasteiger partial charge on any atom is -0.383 e. The molecule has 2 aromatic carbocycles. The van der Waals surface area contributed by atoms with Crippen molar-refractivity contribution in [2.45, 2.75) is 32.0 Å². The Morgan fingerprint density at radius 1 is 1.04 bits per heavy atom. The van der Waals surface area contributed by atoms with E-state index in [2.05, 4.69) is 45.9 Å². The van der Waals surface area contributed by atoms with Crippen LogP contribution in [0.5, 0.6) is 0 Å². The standard InChI is InChI=1S/C30H27FN8O6/c1-32-23-24(26(41)25(23)40)33-14-18-11-16(9-10-20(18)31)13-34-28(42)21-12-22(36-15-35-21)29(43)37-19-7-3-2-5-17(6-4-8-19)27-38-30(44)45-39-27/h2,4-6,8-12,15,19,32-33H,3,7,13-14H2,1H3,(H,34,42)(H,37,43)(H,38,39,44)/b5-2+,8-4+,17-6+/t19-/m0/s1. The van der Waals surface area contributed by atoms with Gasteiger partial charge in [-0.1, -0.05) is 41.6 Å². The van der Waals surface area contributed by atoms with Gasteiger partial charge in [0.25, 0.3) is 22.7 Å². The topological polar surface area (TPSA) is 201 Å². The number of hydrogen-bond acceptors (Lipinski definition) is 11. The van der Waals surface area contributed by atoms with Crippen molar-refractivity contribution in [1.82, 2.24) is 30.7 Å². The lowest BCUT2D eigenvalue weighted by Gasteiger charge is -2.14. The number of H-pyrrole nitrogens is 1. The molecule has 2 aromatic heterocycles. The van der Waals surface area contributed by atoms with Gasteiger partial charge in [-0.25, -0.2) is 19.2 Å². The predicted molar refractivity (Wildman–Crippen MR) is 162 cm³/mol. The number of benzene rings is 1. The van der Waals surface area contributed by atoms with Gasteiger partial charge in [-0.3, -0.25) is 28.7 Å². The highest BCUT2D eigenvalue weighted by molar-refractivity contribution is 5.97. The fourth-order valence-corrected chi connectivity index (χ4v) is 4.54. The van der Waals surface area contributed by atoms with Gasteiger partial charge >= 0.3 is 5.76 Å². The van der Waals surface area contributed by atoms with Crippen molar-refractivity contribution in [1.29, 1.82) is 0 Å². The molecule has 45 heavy (non-hydrogen) atoms. The van der Waals surface area contributed by atoms with Crippen LogP contribution in [0.4, 0.5) is 15.8 Å². The van der Waals surface area contributed by atoms with E-state index in [0.717, 1.165) is 6.33 Å². The van der Waals surface area contributed by atoms with Gasteiger partial charge in [0.15, 0.2) is 5.82 Å². The van der Waals surface area contributed by atoms with Crippen LogP contribution < -0.4 is 37.9 Å². The monoisotopic (exact) mass is 614 g/mol. The van der Waals surface area contributed by atoms with E-state index in [1.807, 2.05) is 6.08 Å². The molecule has 5 N–H and O–H groups in total. The zero-order valence-corrected chi connectivity index (χ0v) is 23.8. The first-order chi connectivity index (χ1) is 21.7. The molecule has 0 saturated heterocycles. The maximum atomic E-state index is 14.4. The number of nitrogens with one attached hydrogen (secondary N) is 5. The second-order valence-electron chi connectivity index (χ2n) is 9.92. The summed E-state index contributed by atoms with van der Waals surface area (Å²) < 4.78 is 19.0. The van der Waals surface area contributed by atoms with Gasteiger partial charge in [0.05, 0.1) is 0 Å². The molecular formula is C30H27FN8O6. The van der Waals surface area contributed by atoms with Gasteiger partial charge in [-0.2, -0.15) is 0 Å². The first kappa shape index (κ1) is 30.5. The Bertz CT molecular complexity index is 1970. The van der Waals surface area contributed by atoms with E-state index >= 15 is 0 Å². The third-order valence-corrected chi connectivity index (χ3v) is 6.90. The van der Waals surface area contributed by atoms with Gasteiger partial charge in [-0.15, -0.1) is 0 Å². The van der Waals surface area contributed by atoms with Crippen LogP contribution in [-0.4, -0.2) is 45.0 Å². The molecule has 0 saturated carbocycles. The summed E-state index contributed by atoms with van der Waals surface area (Å²) in [5.74, 6) is -1.98. The minimum atomic E-state index is -0.677. The summed E-state index contributed by atoms with van der Waals surface area (Å²) in [6.45, 7) is -0.0262. The molecule has 0 unspecified atom stereocenters. The van der Waals surface area contributed by atoms with Crippen LogP contribution in [0.3, 0.4) is 0 Å². The number of nitrogens with zero attached hydrogens (tertiary/aromatic N) is 3. The highest BCUT2D eigenvalue weighted by atomic mass is 19.1. The zero-order chi connectivity index (χ0) is 31.9. The maximum Gasteiger partial charge on any atom is 0.439 e. The Kier molecular flexibility index (Phi) is 9.17. The first-order valence-corrected chi connectivity index (χ1v) is 13.8. The molecule has 15 heteroatoms. The summed E-state index contributed by atoms with van der Waals surface area (Å²) in [7, 11) is 1.51. The molecule has 14 nitrogen and oxygen atoms in total. The number of amides is 2. The van der Waals surface area contributed by atoms with Gasteiger partial charge in [0, 0.05) is 43.4 Å². The average molecular weight is 615 g/mol. The molecule has 4 aromatic rings. The summed E-state index contributed by atoms with van der Waals surface area (Å²) in [6, 6.07) is 5.17. The molecule has 1 aliphatic carbocycles. The summed E-state index contributed by atoms with van der Waals surface area (Å²) in [6.07, 6.45) is 11.2. The van der Waals surface area contributed by atoms with Crippen LogP contribution >= 0.6 is 0 Å². The Balaban J connectivity index is 1.18. The van der Waals surface area contributed by atoms with Gasteiger partial charge in [0.2, 0.25) is 0 Å². The largest absolute Gasteiger partial charge is 0.439 e. The zero-order valence-electron chi connectivity index (χ0n) is 23.8. The lowest BCUT2D eigenvalue weighted by atomic mass is 10.1. The number of rotatable bonds is 10. The molecule has 2 amide bonds. The normalized spacial score (nSPS) is 17.2. The number of aromatic amines is 1. The van der Waals surface area contributed by atoms with E-state index in [0.29, 0.717) is 24.0 Å². The van der Waals surface area contributed by atoms with E-state index in [4.69, 9.17) is 0 Å². The van der Waals surface area contributed by atoms with E-state index in [-0.39, 0.29) is 53.3 Å². The number of carbonyl (C=O) groups excluding carboxylic acids is 2. The second-order valence-corrected chi connectivity index (χ2v) is 9.92. The number of allylic oxidation sites excluding steroid dienone is 5. The van der Waals surface area contributed by atoms with Crippen molar-refractivity contribution in [3.05, 3.63) is 126 Å². The number of hydrogen-bond donors (Lipinski definition) is 5. The smallest absolute Gasteiger partial charge is 0.383 e. The third kappa shape index (κ3) is 7.15. The maximum absolute atomic E-state index is 14.4. The van der Waals surface area contributed by atoms with Crippen molar-refractivity contribution in [3.63, 3.8) is 0 Å². The van der Waals surface area contributed by atoms with Crippen LogP contribution in [0.2, 0.25) is 0 Å². The average Bonchev–Trinajstić information content (AvgIpc) is 3.52. The van der Waals surface area contributed by atoms with Crippen molar-refractivity contribution < 1.29 is 18.5 Å². The van der Waals surface area contributed by atoms with Crippen molar-refractivity contribution >= 4 is 28.8 Å². The van der Waals surface area contributed by atoms with Crippen LogP contribution in [0.15, 0.2) is 79.9 Å². The third-order valence-electron chi connectivity index (χ3n) is 6.90. The summed E-state index contributed by atoms with van der Waals surface area (Å²) >= 11 is 0. The summed E-state index contributed by atoms with van der Waals surface area (Å²) in [5.41, 5.74) is 0.304. The SMILES string of the molecule is CNc1c(NCc2cc(CNC(=O)c3cc(C(=O)N[C@@H]4/C=C/C=C(c5noc(=O)[nH]5)\C=C\CC4)ncn3)ccc2F)c(=O)c1=O. The molecule has 0 aliphatic heterocycles. The minimum absolute atomic E-state index is 0.00947. The van der Waals surface area contributed by atoms with Gasteiger partial charge in [-0.05, 0) is 30.5 Å². The molecule has 0 bridgehead atoms. The number of anilines is 2. The molecule has 0 spiro atoms. The highest BCUT2D eigenvalue weighted by Crippen LogP contribution is 2.18. The predicted octanol–water partition coefficient (Wildman–Crippen LogP) is 1.56. The van der Waals surface area contributed by atoms with Crippen LogP contribution in [0.25, 0.3) is 5.57 Å². The number of carbonyl (C=O) groups is 2. The van der Waals surface area contributed by atoms with E-state index in [1.54, 1.807) is 24.3 Å². The molecule has 2 heterocycles. The Hall–Kier alpha value is -5.99. The van der Waals surface area contributed by atoms with Crippen molar-refractivity contribution in [2.24, 2.45) is 0 Å². The molecule has 1 aliphatic rings. The van der Waals surface area contributed by atoms with Crippen molar-refractivity contribution in [3.8, 4) is 0 Å². The molecule has 1 atom stereocenters. The fourth-order valence-electron chi connectivity index (χ4n) is 4.54. The Labute approximate surface area is 253 Å². The summed E-state index contributed by atoms with van der Waals surface area (Å²) in [4.78, 5) is 70.9. The fraction of sp³-hybridized carbons (Fsp3) is 0.200. The van der Waals surface area contributed by atoms with Gasteiger partial charge in [0.1, 0.15) is 34.9 Å². The highest BCUT2D eigenvalue weighted by Gasteiger charge is 2.20. The summed E-state index contributed by atoms with van der Waals surface area (Å²) in [5, 5.41) is 14.7. The molecular weight excluding hydrogens is 587 g/mol. The van der Waals surface area contributed by atoms with Gasteiger partial charge < -0.3 is 21.3 Å². The first-order valence-electron chi connectivity index (χ1n) is 13.8. The number of aromatic nitrogens is 4. The van der Waals surface area contributed by atoms with Crippen molar-refractivity contribution in [2.75, 3.05) is 17.7 Å². The molecule has 230 valence electrons. The molecule has 5 rings (SSSR count). The Morgan fingerprint density at radius 2 is 1.82 bits per heavy atom. The lowest BCUT2D eigenvalue weighted by Crippen LogP contribution is -2.36.